The Morgan fingerprint density at radius 2 is 1.93 bits per heavy atom. The Balaban J connectivity index is 2.53. The minimum Gasteiger partial charge on any atom is -0.139 e. The minimum atomic E-state index is 0.554. The molecule has 0 aliphatic heterocycles. The Morgan fingerprint density at radius 3 is 2.57 bits per heavy atom. The van der Waals surface area contributed by atoms with Crippen molar-refractivity contribution in [1.29, 1.82) is 0 Å². The van der Waals surface area contributed by atoms with Crippen LogP contribution in [0.25, 0.3) is 11.3 Å². The fourth-order valence-corrected chi connectivity index (χ4v) is 1.59. The molecule has 0 saturated heterocycles. The lowest BCUT2D eigenvalue weighted by Gasteiger charge is -2.01. The molecule has 0 atom stereocenters. The van der Waals surface area contributed by atoms with Crippen molar-refractivity contribution >= 4 is 23.2 Å². The molecular formula is C9H5Cl2N3. The minimum absolute atomic E-state index is 0.554. The third kappa shape index (κ3) is 1.84. The summed E-state index contributed by atoms with van der Waals surface area (Å²) in [4.78, 5) is 0. The molecule has 0 aliphatic rings. The van der Waals surface area contributed by atoms with Crippen LogP contribution in [0.15, 0.2) is 30.5 Å². The number of hydrogen-bond donors (Lipinski definition) is 0. The average molecular weight is 226 g/mol. The van der Waals surface area contributed by atoms with Crippen LogP contribution in [0.3, 0.4) is 0 Å². The number of nitrogens with zero attached hydrogens (tertiary/aromatic N) is 3. The second kappa shape index (κ2) is 3.90. The molecule has 2 rings (SSSR count). The van der Waals surface area contributed by atoms with Crippen LogP contribution in [-0.2, 0) is 0 Å². The highest BCUT2D eigenvalue weighted by molar-refractivity contribution is 6.36. The van der Waals surface area contributed by atoms with Crippen molar-refractivity contribution in [2.24, 2.45) is 0 Å². The van der Waals surface area contributed by atoms with Gasteiger partial charge in [0.2, 0.25) is 0 Å². The topological polar surface area (TPSA) is 38.7 Å². The molecule has 1 aromatic carbocycles. The Hall–Kier alpha value is -1.19. The molecule has 0 bridgehead atoms. The van der Waals surface area contributed by atoms with Gasteiger partial charge >= 0.3 is 0 Å². The van der Waals surface area contributed by atoms with E-state index in [4.69, 9.17) is 23.2 Å². The Bertz CT molecular complexity index is 445. The highest BCUT2D eigenvalue weighted by atomic mass is 35.5. The average Bonchev–Trinajstić information content (AvgIpc) is 2.19. The fourth-order valence-electron chi connectivity index (χ4n) is 1.08. The van der Waals surface area contributed by atoms with Crippen molar-refractivity contribution < 1.29 is 0 Å². The Kier molecular flexibility index (Phi) is 2.61. The van der Waals surface area contributed by atoms with Crippen LogP contribution < -0.4 is 0 Å². The molecule has 0 radical (unpaired) electrons. The van der Waals surface area contributed by atoms with Gasteiger partial charge in [-0.05, 0) is 29.5 Å². The summed E-state index contributed by atoms with van der Waals surface area (Å²) in [6.45, 7) is 0. The van der Waals surface area contributed by atoms with E-state index in [1.54, 1.807) is 30.5 Å². The summed E-state index contributed by atoms with van der Waals surface area (Å²) in [6.07, 6.45) is 1.56. The first-order chi connectivity index (χ1) is 6.77. The van der Waals surface area contributed by atoms with Crippen molar-refractivity contribution in [3.05, 3.63) is 40.5 Å². The molecule has 0 unspecified atom stereocenters. The van der Waals surface area contributed by atoms with Gasteiger partial charge in [0.05, 0.1) is 16.9 Å². The lowest BCUT2D eigenvalue weighted by molar-refractivity contribution is 0.870. The van der Waals surface area contributed by atoms with E-state index in [9.17, 15) is 0 Å². The van der Waals surface area contributed by atoms with E-state index in [-0.39, 0.29) is 0 Å². The third-order valence-corrected chi connectivity index (χ3v) is 2.26. The smallest absolute Gasteiger partial charge is 0.0978 e. The van der Waals surface area contributed by atoms with E-state index in [1.807, 2.05) is 0 Å². The van der Waals surface area contributed by atoms with Gasteiger partial charge in [0.1, 0.15) is 0 Å². The summed E-state index contributed by atoms with van der Waals surface area (Å²) in [5.41, 5.74) is 1.48. The van der Waals surface area contributed by atoms with Gasteiger partial charge in [0, 0.05) is 10.6 Å². The first kappa shape index (κ1) is 9.37. The molecule has 14 heavy (non-hydrogen) atoms. The van der Waals surface area contributed by atoms with E-state index in [2.05, 4.69) is 15.4 Å². The number of benzene rings is 1. The van der Waals surface area contributed by atoms with Crippen LogP contribution in [0.5, 0.6) is 0 Å². The van der Waals surface area contributed by atoms with Crippen molar-refractivity contribution in [3.63, 3.8) is 0 Å². The molecule has 3 nitrogen and oxygen atoms in total. The molecule has 0 N–H and O–H groups in total. The maximum Gasteiger partial charge on any atom is 0.0978 e. The van der Waals surface area contributed by atoms with Crippen LogP contribution in [0, 0.1) is 0 Å². The molecule has 1 aromatic heterocycles. The Labute approximate surface area is 90.7 Å². The number of rotatable bonds is 1. The van der Waals surface area contributed by atoms with Gasteiger partial charge < -0.3 is 0 Å². The lowest BCUT2D eigenvalue weighted by atomic mass is 10.1. The predicted octanol–water partition coefficient (Wildman–Crippen LogP) is 2.85. The van der Waals surface area contributed by atoms with E-state index in [0.717, 1.165) is 5.56 Å². The normalized spacial score (nSPS) is 10.1. The molecule has 0 aliphatic carbocycles. The van der Waals surface area contributed by atoms with Gasteiger partial charge in [-0.1, -0.05) is 23.2 Å². The zero-order valence-corrected chi connectivity index (χ0v) is 8.50. The largest absolute Gasteiger partial charge is 0.139 e. The predicted molar refractivity (Wildman–Crippen MR) is 55.3 cm³/mol. The molecule has 0 fully saturated rings. The molecule has 0 saturated carbocycles. The second-order valence-electron chi connectivity index (χ2n) is 2.63. The van der Waals surface area contributed by atoms with Gasteiger partial charge in [-0.3, -0.25) is 0 Å². The maximum absolute atomic E-state index is 5.99. The Morgan fingerprint density at radius 1 is 1.07 bits per heavy atom. The number of aromatic nitrogens is 3. The standard InChI is InChI=1S/C9H5Cl2N3/c10-6-1-2-7(8(11)5-6)9-3-4-12-14-13-9/h1-5H. The van der Waals surface area contributed by atoms with Gasteiger partial charge in [-0.25, -0.2) is 0 Å². The molecule has 0 spiro atoms. The SMILES string of the molecule is Clc1ccc(-c2ccnnn2)c(Cl)c1. The molecule has 70 valence electrons. The third-order valence-electron chi connectivity index (χ3n) is 1.71. The van der Waals surface area contributed by atoms with E-state index >= 15 is 0 Å². The summed E-state index contributed by atoms with van der Waals surface area (Å²) >= 11 is 11.8. The first-order valence-electron chi connectivity index (χ1n) is 3.87. The quantitative estimate of drug-likeness (QED) is 0.750. The summed E-state index contributed by atoms with van der Waals surface area (Å²) in [6, 6.07) is 6.96. The van der Waals surface area contributed by atoms with E-state index in [1.165, 1.54) is 0 Å². The highest BCUT2D eigenvalue weighted by Crippen LogP contribution is 2.28. The van der Waals surface area contributed by atoms with Crippen LogP contribution in [-0.4, -0.2) is 15.4 Å². The van der Waals surface area contributed by atoms with Crippen LogP contribution >= 0.6 is 23.2 Å². The monoisotopic (exact) mass is 225 g/mol. The zero-order valence-electron chi connectivity index (χ0n) is 6.98. The van der Waals surface area contributed by atoms with Crippen LogP contribution in [0.2, 0.25) is 10.0 Å². The molecule has 1 heterocycles. The molecule has 5 heteroatoms. The summed E-state index contributed by atoms with van der Waals surface area (Å²) in [7, 11) is 0. The summed E-state index contributed by atoms with van der Waals surface area (Å²) in [5, 5.41) is 12.1. The molecule has 2 aromatic rings. The van der Waals surface area contributed by atoms with Crippen molar-refractivity contribution in [2.75, 3.05) is 0 Å². The number of hydrogen-bond acceptors (Lipinski definition) is 3. The van der Waals surface area contributed by atoms with Gasteiger partial charge in [0.25, 0.3) is 0 Å². The highest BCUT2D eigenvalue weighted by Gasteiger charge is 2.04. The van der Waals surface area contributed by atoms with Gasteiger partial charge in [0.15, 0.2) is 0 Å². The fraction of sp³-hybridized carbons (Fsp3) is 0. The van der Waals surface area contributed by atoms with E-state index < -0.39 is 0 Å². The van der Waals surface area contributed by atoms with Crippen LogP contribution in [0.4, 0.5) is 0 Å². The van der Waals surface area contributed by atoms with Crippen LogP contribution in [0.1, 0.15) is 0 Å². The molecular weight excluding hydrogens is 221 g/mol. The zero-order chi connectivity index (χ0) is 9.97. The van der Waals surface area contributed by atoms with Gasteiger partial charge in [-0.2, -0.15) is 0 Å². The van der Waals surface area contributed by atoms with Crippen molar-refractivity contribution in [3.8, 4) is 11.3 Å². The van der Waals surface area contributed by atoms with Crippen molar-refractivity contribution in [1.82, 2.24) is 15.4 Å². The van der Waals surface area contributed by atoms with E-state index in [0.29, 0.717) is 15.7 Å². The first-order valence-corrected chi connectivity index (χ1v) is 4.63. The van der Waals surface area contributed by atoms with Gasteiger partial charge in [-0.15, -0.1) is 10.2 Å². The lowest BCUT2D eigenvalue weighted by Crippen LogP contribution is -1.89. The summed E-state index contributed by atoms with van der Waals surface area (Å²) in [5.74, 6) is 0. The number of halogens is 2. The maximum atomic E-state index is 5.99. The summed E-state index contributed by atoms with van der Waals surface area (Å²) < 4.78 is 0. The molecule has 0 amide bonds. The van der Waals surface area contributed by atoms with Crippen molar-refractivity contribution in [2.45, 2.75) is 0 Å². The second-order valence-corrected chi connectivity index (χ2v) is 3.47.